The number of Topliss-reactive ketones (excluding diaryl/α,β-unsaturated/α-hetero) is 1. The fourth-order valence-corrected chi connectivity index (χ4v) is 7.41. The summed E-state index contributed by atoms with van der Waals surface area (Å²) in [5.41, 5.74) is 3.98. The molecule has 65 heavy (non-hydrogen) atoms. The number of ether oxygens (including phenoxy) is 2. The highest BCUT2D eigenvalue weighted by atomic mass is 32.2. The van der Waals surface area contributed by atoms with Gasteiger partial charge in [0.05, 0.1) is 51.7 Å². The summed E-state index contributed by atoms with van der Waals surface area (Å²) in [4.78, 5) is 37.2. The summed E-state index contributed by atoms with van der Waals surface area (Å²) in [6.07, 6.45) is 4.57. The molecule has 0 aliphatic heterocycles. The molecule has 2 aliphatic carbocycles. The van der Waals surface area contributed by atoms with Gasteiger partial charge in [-0.05, 0) is 102 Å². The first kappa shape index (κ1) is 47.3. The van der Waals surface area contributed by atoms with Crippen LogP contribution in [0.25, 0.3) is 6.08 Å². The van der Waals surface area contributed by atoms with Gasteiger partial charge in [0, 0.05) is 29.8 Å². The van der Waals surface area contributed by atoms with Crippen LogP contribution in [0.3, 0.4) is 0 Å². The van der Waals surface area contributed by atoms with E-state index in [-0.39, 0.29) is 50.3 Å². The molecule has 0 fully saturated rings. The number of anilines is 2. The van der Waals surface area contributed by atoms with Crippen LogP contribution >= 0.6 is 12.0 Å². The third kappa shape index (κ3) is 12.9. The zero-order valence-corrected chi connectivity index (χ0v) is 35.7. The third-order valence-electron chi connectivity index (χ3n) is 8.83. The number of aromatic hydroxyl groups is 1. The van der Waals surface area contributed by atoms with Crippen molar-refractivity contribution in [3.63, 3.8) is 0 Å². The van der Waals surface area contributed by atoms with Crippen molar-refractivity contribution in [3.8, 4) is 11.5 Å². The number of rotatable bonds is 17. The van der Waals surface area contributed by atoms with E-state index in [1.807, 2.05) is 0 Å². The van der Waals surface area contributed by atoms with Crippen LogP contribution in [0.5, 0.6) is 11.5 Å². The van der Waals surface area contributed by atoms with E-state index in [0.717, 1.165) is 23.8 Å². The highest BCUT2D eigenvalue weighted by Gasteiger charge is 2.38. The molecule has 0 radical (unpaired) electrons. The molecule has 25 heteroatoms. The van der Waals surface area contributed by atoms with Crippen LogP contribution in [0.2, 0.25) is 0 Å². The molecule has 4 aromatic carbocycles. The number of esters is 1. The topological polar surface area (TPSA) is 323 Å². The van der Waals surface area contributed by atoms with Crippen LogP contribution in [-0.2, 0) is 48.7 Å². The number of hydrazone groups is 1. The normalized spacial score (nSPS) is 16.2. The second kappa shape index (κ2) is 21.0. The fraction of sp³-hybridized carbons (Fsp3) is 0.100. The van der Waals surface area contributed by atoms with Gasteiger partial charge in [-0.25, -0.2) is 10.1 Å². The molecule has 4 aromatic rings. The zero-order valence-electron chi connectivity index (χ0n) is 33.2. The first-order chi connectivity index (χ1) is 31.0. The number of nitrogens with one attached hydrogen (secondary N) is 2. The predicted molar refractivity (Wildman–Crippen MR) is 233 cm³/mol. The summed E-state index contributed by atoms with van der Waals surface area (Å²) in [7, 11) is -7.86. The molecular weight excluding hydrogens is 915 g/mol. The van der Waals surface area contributed by atoms with Crippen molar-refractivity contribution in [2.24, 2.45) is 25.6 Å². The molecule has 0 heterocycles. The number of carbonyl (C=O) groups is 3. The van der Waals surface area contributed by atoms with Crippen LogP contribution in [-0.4, -0.2) is 79.4 Å². The second-order valence-corrected chi connectivity index (χ2v) is 16.8. The van der Waals surface area contributed by atoms with Crippen LogP contribution in [0, 0.1) is 0 Å². The average molecular weight is 948 g/mol. The number of benzene rings is 4. The van der Waals surface area contributed by atoms with Gasteiger partial charge in [-0.3, -0.25) is 24.1 Å². The lowest BCUT2D eigenvalue weighted by molar-refractivity contribution is -0.431. The summed E-state index contributed by atoms with van der Waals surface area (Å²) in [5.74, 6) is -1.75. The number of carbonyl (C=O) groups excluding carboxylic acids is 3. The Morgan fingerprint density at radius 3 is 2.17 bits per heavy atom. The van der Waals surface area contributed by atoms with Gasteiger partial charge in [-0.15, -0.1) is 9.45 Å². The molecule has 0 spiro atoms. The van der Waals surface area contributed by atoms with Crippen molar-refractivity contribution in [1.82, 2.24) is 0 Å². The van der Waals surface area contributed by atoms with E-state index in [1.54, 1.807) is 24.3 Å². The average Bonchev–Trinajstić information content (AvgIpc) is 3.28. The van der Waals surface area contributed by atoms with Gasteiger partial charge in [-0.1, -0.05) is 17.2 Å². The largest absolute Gasteiger partial charge is 0.506 e. The lowest BCUT2D eigenvalue weighted by Gasteiger charge is -2.25. The lowest BCUT2D eigenvalue weighted by atomic mass is 9.86. The Bertz CT molecular complexity index is 2930. The Kier molecular flexibility index (Phi) is 15.2. The number of ketones is 1. The van der Waals surface area contributed by atoms with E-state index in [1.165, 1.54) is 79.9 Å². The molecule has 1 atom stereocenters. The SMILES string of the molecule is COc1ccc(C=CC(=O)OCC(=O)Nc2ccc(N=Nc3ccc(N=NC4C(=O)C5=C(C=C4SOOO)C=C(S(=O)(=O)O)/C(=N/Nc4ccc(S(=O)(=O)O)cc4)C5)cc3)c(O)c2)cc1. The maximum absolute atomic E-state index is 13.9. The van der Waals surface area contributed by atoms with Crippen LogP contribution in [0.1, 0.15) is 12.0 Å². The van der Waals surface area contributed by atoms with E-state index < -0.39 is 66.8 Å². The Balaban J connectivity index is 1.08. The molecule has 6 N–H and O–H groups in total. The smallest absolute Gasteiger partial charge is 0.331 e. The fourth-order valence-electron chi connectivity index (χ4n) is 5.71. The molecule has 2 aliphatic rings. The molecule has 1 amide bonds. The maximum Gasteiger partial charge on any atom is 0.331 e. The molecule has 0 aromatic heterocycles. The number of nitrogens with zero attached hydrogens (tertiary/aromatic N) is 5. The van der Waals surface area contributed by atoms with Gasteiger partial charge < -0.3 is 19.9 Å². The van der Waals surface area contributed by atoms with Gasteiger partial charge in [0.15, 0.2) is 18.4 Å². The number of phenols is 1. The van der Waals surface area contributed by atoms with E-state index in [0.29, 0.717) is 23.5 Å². The minimum absolute atomic E-state index is 0.00304. The quantitative estimate of drug-likeness (QED) is 0.0116. The van der Waals surface area contributed by atoms with Crippen molar-refractivity contribution in [1.29, 1.82) is 0 Å². The molecule has 22 nitrogen and oxygen atoms in total. The van der Waals surface area contributed by atoms with Crippen LogP contribution < -0.4 is 15.5 Å². The predicted octanol–water partition coefficient (Wildman–Crippen LogP) is 7.19. The van der Waals surface area contributed by atoms with Crippen molar-refractivity contribution in [2.45, 2.75) is 17.4 Å². The molecule has 0 saturated heterocycles. The Morgan fingerprint density at radius 2 is 1.54 bits per heavy atom. The molecule has 1 unspecified atom stereocenters. The molecule has 6 rings (SSSR count). The maximum atomic E-state index is 13.9. The van der Waals surface area contributed by atoms with Crippen molar-refractivity contribution in [2.75, 3.05) is 24.5 Å². The van der Waals surface area contributed by atoms with Gasteiger partial charge in [0.25, 0.3) is 26.1 Å². The van der Waals surface area contributed by atoms with Crippen molar-refractivity contribution in [3.05, 3.63) is 136 Å². The number of methoxy groups -OCH3 is 1. The standard InChI is InChI=1S/C40H33N7O15S3/c1-59-29-12-2-23(3-13-29)4-17-38(50)60-22-37(49)41-28-11-16-32(34(48)20-28)45-42-25-5-7-26(8-6-25)44-47-39-35(63-62-61-52)18-24-19-36(65(56,57)58)33(21-31(24)40(39)51)46-43-27-9-14-30(15-10-27)64(53,54)55/h2-20,39,43,48,52H,21-22H2,1H3,(H,41,49)(H,53,54,55)(H,56,57,58)/b17-4?,45-42?,46-33+,47-44?. The van der Waals surface area contributed by atoms with E-state index in [9.17, 15) is 45.4 Å². The van der Waals surface area contributed by atoms with E-state index >= 15 is 0 Å². The number of hydrogen-bond donors (Lipinski definition) is 6. The van der Waals surface area contributed by atoms with Crippen molar-refractivity contribution >= 4 is 90.2 Å². The summed E-state index contributed by atoms with van der Waals surface area (Å²) in [6.45, 7) is -0.583. The van der Waals surface area contributed by atoms with Gasteiger partial charge in [0.2, 0.25) is 0 Å². The number of azo groups is 2. The van der Waals surface area contributed by atoms with Crippen molar-refractivity contribution < 1.29 is 69.5 Å². The Morgan fingerprint density at radius 1 is 0.862 bits per heavy atom. The van der Waals surface area contributed by atoms with Crippen LogP contribution in [0.15, 0.2) is 161 Å². The van der Waals surface area contributed by atoms with Gasteiger partial charge in [0.1, 0.15) is 22.1 Å². The Labute approximate surface area is 373 Å². The summed E-state index contributed by atoms with van der Waals surface area (Å²) < 4.78 is 81.3. The first-order valence-corrected chi connectivity index (χ1v) is 21.9. The third-order valence-corrected chi connectivity index (χ3v) is 11.3. The summed E-state index contributed by atoms with van der Waals surface area (Å²) in [6, 6.07) is 20.2. The van der Waals surface area contributed by atoms with E-state index in [2.05, 4.69) is 45.7 Å². The number of phenolic OH excluding ortho intramolecular Hbond substituents is 1. The Hall–Kier alpha value is -7.23. The molecule has 0 bridgehead atoms. The zero-order chi connectivity index (χ0) is 46.7. The molecule has 336 valence electrons. The minimum Gasteiger partial charge on any atom is -0.506 e. The highest BCUT2D eigenvalue weighted by Crippen LogP contribution is 2.38. The second-order valence-electron chi connectivity index (χ2n) is 13.2. The lowest BCUT2D eigenvalue weighted by Crippen LogP contribution is -2.30. The number of hydrogen-bond acceptors (Lipinski definition) is 20. The van der Waals surface area contributed by atoms with Gasteiger partial charge in [-0.2, -0.15) is 37.3 Å². The minimum atomic E-state index is -4.91. The number of amides is 1. The monoisotopic (exact) mass is 947 g/mol. The summed E-state index contributed by atoms with van der Waals surface area (Å²) >= 11 is 0.381. The molecular formula is C40H33N7O15S3. The number of allylic oxidation sites excluding steroid dienone is 4. The van der Waals surface area contributed by atoms with E-state index in [4.69, 9.17) is 14.7 Å². The summed E-state index contributed by atoms with van der Waals surface area (Å²) in [5, 5.41) is 45.9. The molecule has 0 saturated carbocycles. The van der Waals surface area contributed by atoms with Gasteiger partial charge >= 0.3 is 5.97 Å². The first-order valence-electron chi connectivity index (χ1n) is 18.3. The van der Waals surface area contributed by atoms with Crippen LogP contribution in [0.4, 0.5) is 28.4 Å². The highest BCUT2D eigenvalue weighted by molar-refractivity contribution is 7.98.